The highest BCUT2D eigenvalue weighted by Crippen LogP contribution is 2.49. The first-order valence-electron chi connectivity index (χ1n) is 7.60. The van der Waals surface area contributed by atoms with Crippen LogP contribution in [0, 0.1) is 28.7 Å². The molecule has 1 spiro atoms. The van der Waals surface area contributed by atoms with Crippen molar-refractivity contribution in [3.63, 3.8) is 0 Å². The zero-order valence-electron chi connectivity index (χ0n) is 11.8. The predicted octanol–water partition coefficient (Wildman–Crippen LogP) is 5.16. The van der Waals surface area contributed by atoms with Gasteiger partial charge in [0.2, 0.25) is 0 Å². The fourth-order valence-corrected chi connectivity index (χ4v) is 3.90. The summed E-state index contributed by atoms with van der Waals surface area (Å²) < 4.78 is 53.7. The summed E-state index contributed by atoms with van der Waals surface area (Å²) in [6.07, 6.45) is 8.60. The number of nitrogens with one attached hydrogen (secondary N) is 1. The summed E-state index contributed by atoms with van der Waals surface area (Å²) >= 11 is 0. The molecule has 0 radical (unpaired) electrons. The van der Waals surface area contributed by atoms with E-state index >= 15 is 0 Å². The Balaban J connectivity index is 1.71. The smallest absolute Gasteiger partial charge is 0.185 e. The van der Waals surface area contributed by atoms with Gasteiger partial charge in [-0.05, 0) is 43.9 Å². The van der Waals surface area contributed by atoms with Crippen molar-refractivity contribution in [3.8, 4) is 0 Å². The molecule has 1 nitrogen and oxygen atoms in total. The second-order valence-corrected chi connectivity index (χ2v) is 6.47. The molecule has 21 heavy (non-hydrogen) atoms. The van der Waals surface area contributed by atoms with Crippen LogP contribution >= 0.6 is 0 Å². The molecule has 0 saturated heterocycles. The average molecular weight is 301 g/mol. The molecule has 5 heteroatoms. The number of hydrogen-bond acceptors (Lipinski definition) is 1. The summed E-state index contributed by atoms with van der Waals surface area (Å²) in [6, 6.07) is 0.117. The molecule has 0 unspecified atom stereocenters. The highest BCUT2D eigenvalue weighted by atomic mass is 19.2. The molecule has 2 aliphatic rings. The molecule has 1 aromatic rings. The quantitative estimate of drug-likeness (QED) is 0.588. The maximum absolute atomic E-state index is 13.6. The topological polar surface area (TPSA) is 12.0 Å². The third-order valence-electron chi connectivity index (χ3n) is 5.17. The van der Waals surface area contributed by atoms with Crippen molar-refractivity contribution in [2.24, 2.45) is 5.41 Å². The van der Waals surface area contributed by atoms with Gasteiger partial charge in [-0.2, -0.15) is 0 Å². The van der Waals surface area contributed by atoms with Gasteiger partial charge in [0.25, 0.3) is 0 Å². The zero-order chi connectivity index (χ0) is 15.0. The van der Waals surface area contributed by atoms with Crippen molar-refractivity contribution in [1.82, 2.24) is 0 Å². The van der Waals surface area contributed by atoms with Crippen LogP contribution in [0.15, 0.2) is 6.07 Å². The molecular formula is C16H19F4N. The van der Waals surface area contributed by atoms with Crippen LogP contribution in [0.5, 0.6) is 0 Å². The van der Waals surface area contributed by atoms with Gasteiger partial charge in [-0.25, -0.2) is 17.6 Å². The van der Waals surface area contributed by atoms with Crippen LogP contribution in [0.25, 0.3) is 0 Å². The van der Waals surface area contributed by atoms with E-state index < -0.39 is 29.0 Å². The fraction of sp³-hybridized carbons (Fsp3) is 0.625. The monoisotopic (exact) mass is 301 g/mol. The summed E-state index contributed by atoms with van der Waals surface area (Å²) in [7, 11) is 0. The van der Waals surface area contributed by atoms with Crippen molar-refractivity contribution in [2.75, 3.05) is 5.32 Å². The van der Waals surface area contributed by atoms with E-state index in [9.17, 15) is 17.6 Å². The Hall–Kier alpha value is -1.26. The molecule has 0 bridgehead atoms. The van der Waals surface area contributed by atoms with E-state index in [0.717, 1.165) is 25.7 Å². The molecule has 0 aromatic heterocycles. The Kier molecular flexibility index (Phi) is 3.84. The highest BCUT2D eigenvalue weighted by molar-refractivity contribution is 5.48. The first-order valence-corrected chi connectivity index (χ1v) is 7.60. The second-order valence-electron chi connectivity index (χ2n) is 6.47. The van der Waals surface area contributed by atoms with Crippen molar-refractivity contribution < 1.29 is 17.6 Å². The molecule has 2 fully saturated rings. The highest BCUT2D eigenvalue weighted by Gasteiger charge is 2.37. The first kappa shape index (κ1) is 14.7. The Morgan fingerprint density at radius 3 is 1.90 bits per heavy atom. The summed E-state index contributed by atoms with van der Waals surface area (Å²) in [5.41, 5.74) is -0.262. The maximum atomic E-state index is 13.6. The zero-order valence-corrected chi connectivity index (χ0v) is 11.8. The maximum Gasteiger partial charge on any atom is 0.185 e. The fourth-order valence-electron chi connectivity index (χ4n) is 3.90. The lowest BCUT2D eigenvalue weighted by Crippen LogP contribution is -2.32. The Labute approximate surface area is 121 Å². The van der Waals surface area contributed by atoms with Crippen molar-refractivity contribution >= 4 is 5.69 Å². The number of rotatable bonds is 2. The lowest BCUT2D eigenvalue weighted by molar-refractivity contribution is 0.187. The van der Waals surface area contributed by atoms with Crippen molar-refractivity contribution in [2.45, 2.75) is 57.4 Å². The molecule has 1 N–H and O–H groups in total. The normalized spacial score (nSPS) is 21.9. The van der Waals surface area contributed by atoms with Crippen molar-refractivity contribution in [3.05, 3.63) is 29.3 Å². The Morgan fingerprint density at radius 2 is 1.38 bits per heavy atom. The van der Waals surface area contributed by atoms with Crippen LogP contribution < -0.4 is 5.32 Å². The molecule has 2 aliphatic carbocycles. The molecule has 2 saturated carbocycles. The van der Waals surface area contributed by atoms with E-state index in [2.05, 4.69) is 5.32 Å². The van der Waals surface area contributed by atoms with Crippen LogP contribution in [-0.2, 0) is 0 Å². The molecule has 0 atom stereocenters. The molecule has 3 rings (SSSR count). The standard InChI is InChI=1S/C16H19F4N/c17-11-9-12(18)14(20)15(13(11)19)21-10-3-7-16(8-4-10)5-1-2-6-16/h9-10,21H,1-8H2. The third kappa shape index (κ3) is 2.74. The summed E-state index contributed by atoms with van der Waals surface area (Å²) in [6.45, 7) is 0. The van der Waals surface area contributed by atoms with Crippen molar-refractivity contribution in [1.29, 1.82) is 0 Å². The van der Waals surface area contributed by atoms with Gasteiger partial charge in [-0.15, -0.1) is 0 Å². The van der Waals surface area contributed by atoms with Crippen LogP contribution in [0.3, 0.4) is 0 Å². The first-order chi connectivity index (χ1) is 10.0. The Bertz CT molecular complexity index is 501. The molecule has 0 heterocycles. The van der Waals surface area contributed by atoms with Gasteiger partial charge in [0, 0.05) is 12.1 Å². The largest absolute Gasteiger partial charge is 0.377 e. The van der Waals surface area contributed by atoms with E-state index in [1.807, 2.05) is 0 Å². The molecule has 0 aliphatic heterocycles. The van der Waals surface area contributed by atoms with Gasteiger partial charge in [0.05, 0.1) is 0 Å². The summed E-state index contributed by atoms with van der Waals surface area (Å²) in [5, 5.41) is 2.68. The molecule has 0 amide bonds. The van der Waals surface area contributed by atoms with Gasteiger partial charge in [-0.1, -0.05) is 12.8 Å². The van der Waals surface area contributed by atoms with Gasteiger partial charge in [-0.3, -0.25) is 0 Å². The number of halogens is 4. The Morgan fingerprint density at radius 1 is 0.857 bits per heavy atom. The van der Waals surface area contributed by atoms with E-state index in [4.69, 9.17) is 0 Å². The second kappa shape index (κ2) is 5.50. The SMILES string of the molecule is Fc1cc(F)c(F)c(NC2CCC3(CCCC3)CC2)c1F. The minimum absolute atomic E-state index is 0.124. The van der Waals surface area contributed by atoms with Crippen LogP contribution in [0.1, 0.15) is 51.4 Å². The number of anilines is 1. The van der Waals surface area contributed by atoms with Gasteiger partial charge in [0.15, 0.2) is 23.3 Å². The molecule has 116 valence electrons. The van der Waals surface area contributed by atoms with E-state index in [-0.39, 0.29) is 12.1 Å². The minimum Gasteiger partial charge on any atom is -0.377 e. The van der Waals surface area contributed by atoms with Crippen LogP contribution in [0.2, 0.25) is 0 Å². The predicted molar refractivity (Wildman–Crippen MR) is 73.1 cm³/mol. The average Bonchev–Trinajstić information content (AvgIpc) is 2.92. The van der Waals surface area contributed by atoms with Crippen LogP contribution in [-0.4, -0.2) is 6.04 Å². The van der Waals surface area contributed by atoms with Gasteiger partial charge in [0.1, 0.15) is 5.69 Å². The lowest BCUT2D eigenvalue weighted by atomic mass is 9.71. The van der Waals surface area contributed by atoms with Gasteiger partial charge < -0.3 is 5.32 Å². The molecule has 1 aromatic carbocycles. The molecular weight excluding hydrogens is 282 g/mol. The van der Waals surface area contributed by atoms with E-state index in [1.54, 1.807) is 0 Å². The number of benzene rings is 1. The van der Waals surface area contributed by atoms with E-state index in [1.165, 1.54) is 25.7 Å². The summed E-state index contributed by atoms with van der Waals surface area (Å²) in [5.74, 6) is -5.40. The third-order valence-corrected chi connectivity index (χ3v) is 5.17. The minimum atomic E-state index is -1.36. The van der Waals surface area contributed by atoms with Crippen LogP contribution in [0.4, 0.5) is 23.2 Å². The number of hydrogen-bond donors (Lipinski definition) is 1. The van der Waals surface area contributed by atoms with Gasteiger partial charge >= 0.3 is 0 Å². The lowest BCUT2D eigenvalue weighted by Gasteiger charge is -2.38. The summed E-state index contributed by atoms with van der Waals surface area (Å²) in [4.78, 5) is 0. The van der Waals surface area contributed by atoms with E-state index in [0.29, 0.717) is 5.41 Å².